The largest absolute Gasteiger partial charge is 0.309 e. The predicted octanol–water partition coefficient (Wildman–Crippen LogP) is 3.33. The van der Waals surface area contributed by atoms with Crippen molar-refractivity contribution in [3.63, 3.8) is 0 Å². The van der Waals surface area contributed by atoms with E-state index in [4.69, 9.17) is 0 Å². The summed E-state index contributed by atoms with van der Waals surface area (Å²) in [6, 6.07) is 4.50. The standard InChI is InChI=1S/C14H22N2/c1-4-6-14(16-11-12(3)5-2)13-7-9-15-10-8-13/h4,7-10,12,14,16H,1,5-6,11H2,2-3H3. The van der Waals surface area contributed by atoms with E-state index in [0.29, 0.717) is 12.0 Å². The van der Waals surface area contributed by atoms with Crippen LogP contribution in [0.3, 0.4) is 0 Å². The van der Waals surface area contributed by atoms with Gasteiger partial charge in [-0.2, -0.15) is 0 Å². The fourth-order valence-electron chi connectivity index (χ4n) is 1.59. The van der Waals surface area contributed by atoms with Crippen LogP contribution in [0.2, 0.25) is 0 Å². The fourth-order valence-corrected chi connectivity index (χ4v) is 1.59. The Labute approximate surface area is 98.8 Å². The molecule has 1 aromatic rings. The SMILES string of the molecule is C=CCC(NCC(C)CC)c1ccncc1. The van der Waals surface area contributed by atoms with E-state index < -0.39 is 0 Å². The Hall–Kier alpha value is -1.15. The van der Waals surface area contributed by atoms with Crippen molar-refractivity contribution in [3.05, 3.63) is 42.7 Å². The third kappa shape index (κ3) is 4.15. The number of nitrogens with zero attached hydrogens (tertiary/aromatic N) is 1. The van der Waals surface area contributed by atoms with Crippen LogP contribution in [0, 0.1) is 5.92 Å². The molecule has 2 unspecified atom stereocenters. The molecule has 0 saturated carbocycles. The molecule has 2 heteroatoms. The monoisotopic (exact) mass is 218 g/mol. The molecule has 0 bridgehead atoms. The van der Waals surface area contributed by atoms with Crippen LogP contribution in [0.5, 0.6) is 0 Å². The molecule has 0 aromatic carbocycles. The fraction of sp³-hybridized carbons (Fsp3) is 0.500. The normalized spacial score (nSPS) is 14.4. The van der Waals surface area contributed by atoms with Gasteiger partial charge in [-0.15, -0.1) is 6.58 Å². The van der Waals surface area contributed by atoms with Gasteiger partial charge in [0.25, 0.3) is 0 Å². The minimum absolute atomic E-state index is 0.370. The molecule has 0 spiro atoms. The Kier molecular flexibility index (Phi) is 5.79. The Morgan fingerprint density at radius 2 is 2.12 bits per heavy atom. The molecule has 1 heterocycles. The lowest BCUT2D eigenvalue weighted by Crippen LogP contribution is -2.25. The summed E-state index contributed by atoms with van der Waals surface area (Å²) in [5.74, 6) is 0.717. The molecule has 1 rings (SSSR count). The van der Waals surface area contributed by atoms with E-state index >= 15 is 0 Å². The van der Waals surface area contributed by atoms with Crippen LogP contribution in [-0.4, -0.2) is 11.5 Å². The molecule has 1 N–H and O–H groups in total. The third-order valence-corrected chi connectivity index (χ3v) is 2.92. The summed E-state index contributed by atoms with van der Waals surface area (Å²) in [4.78, 5) is 4.05. The van der Waals surface area contributed by atoms with E-state index in [1.807, 2.05) is 18.5 Å². The maximum atomic E-state index is 4.05. The Balaban J connectivity index is 2.57. The van der Waals surface area contributed by atoms with Crippen molar-refractivity contribution in [1.82, 2.24) is 10.3 Å². The van der Waals surface area contributed by atoms with Crippen LogP contribution in [0.25, 0.3) is 0 Å². The molecule has 0 aliphatic carbocycles. The summed E-state index contributed by atoms with van der Waals surface area (Å²) >= 11 is 0. The molecule has 0 fully saturated rings. The molecule has 1 aromatic heterocycles. The predicted molar refractivity (Wildman–Crippen MR) is 69.2 cm³/mol. The first-order valence-electron chi connectivity index (χ1n) is 6.02. The van der Waals surface area contributed by atoms with E-state index in [1.165, 1.54) is 12.0 Å². The molecule has 2 nitrogen and oxygen atoms in total. The minimum Gasteiger partial charge on any atom is -0.309 e. The van der Waals surface area contributed by atoms with E-state index in [-0.39, 0.29) is 0 Å². The zero-order valence-corrected chi connectivity index (χ0v) is 10.3. The Morgan fingerprint density at radius 1 is 1.44 bits per heavy atom. The van der Waals surface area contributed by atoms with Crippen LogP contribution in [0.1, 0.15) is 38.3 Å². The third-order valence-electron chi connectivity index (χ3n) is 2.92. The Bertz CT molecular complexity index is 295. The lowest BCUT2D eigenvalue weighted by atomic mass is 10.0. The van der Waals surface area contributed by atoms with Gasteiger partial charge in [-0.1, -0.05) is 26.3 Å². The van der Waals surface area contributed by atoms with Gasteiger partial charge in [0, 0.05) is 18.4 Å². The molecular formula is C14H22N2. The van der Waals surface area contributed by atoms with Crippen molar-refractivity contribution in [2.24, 2.45) is 5.92 Å². The first-order valence-corrected chi connectivity index (χ1v) is 6.02. The summed E-state index contributed by atoms with van der Waals surface area (Å²) in [6.07, 6.45) is 7.83. The summed E-state index contributed by atoms with van der Waals surface area (Å²) in [6.45, 7) is 9.36. The van der Waals surface area contributed by atoms with E-state index in [2.05, 4.69) is 42.9 Å². The van der Waals surface area contributed by atoms with Gasteiger partial charge in [-0.05, 0) is 36.6 Å². The molecule has 2 atom stereocenters. The first-order chi connectivity index (χ1) is 7.77. The second kappa shape index (κ2) is 7.18. The lowest BCUT2D eigenvalue weighted by Gasteiger charge is -2.19. The average Bonchev–Trinajstić information content (AvgIpc) is 2.35. The van der Waals surface area contributed by atoms with E-state index in [9.17, 15) is 0 Å². The molecule has 88 valence electrons. The minimum atomic E-state index is 0.370. The second-order valence-corrected chi connectivity index (χ2v) is 4.28. The van der Waals surface area contributed by atoms with E-state index in [1.54, 1.807) is 0 Å². The number of aromatic nitrogens is 1. The topological polar surface area (TPSA) is 24.9 Å². The van der Waals surface area contributed by atoms with Crippen LogP contribution < -0.4 is 5.32 Å². The highest BCUT2D eigenvalue weighted by Gasteiger charge is 2.09. The smallest absolute Gasteiger partial charge is 0.0356 e. The second-order valence-electron chi connectivity index (χ2n) is 4.28. The van der Waals surface area contributed by atoms with Crippen molar-refractivity contribution in [2.75, 3.05) is 6.54 Å². The number of hydrogen-bond acceptors (Lipinski definition) is 2. The maximum Gasteiger partial charge on any atom is 0.0356 e. The molecular weight excluding hydrogens is 196 g/mol. The highest BCUT2D eigenvalue weighted by Crippen LogP contribution is 2.16. The summed E-state index contributed by atoms with van der Waals surface area (Å²) in [5.41, 5.74) is 1.29. The van der Waals surface area contributed by atoms with Gasteiger partial charge in [0.05, 0.1) is 0 Å². The van der Waals surface area contributed by atoms with Crippen molar-refractivity contribution in [2.45, 2.75) is 32.7 Å². The van der Waals surface area contributed by atoms with Crippen LogP contribution in [0.15, 0.2) is 37.2 Å². The molecule has 0 aliphatic heterocycles. The number of hydrogen-bond donors (Lipinski definition) is 1. The zero-order chi connectivity index (χ0) is 11.8. The lowest BCUT2D eigenvalue weighted by molar-refractivity contribution is 0.446. The van der Waals surface area contributed by atoms with Gasteiger partial charge >= 0.3 is 0 Å². The number of nitrogens with one attached hydrogen (secondary N) is 1. The highest BCUT2D eigenvalue weighted by atomic mass is 14.9. The van der Waals surface area contributed by atoms with Gasteiger partial charge in [-0.3, -0.25) is 4.98 Å². The van der Waals surface area contributed by atoms with Crippen molar-refractivity contribution >= 4 is 0 Å². The maximum absolute atomic E-state index is 4.05. The van der Waals surface area contributed by atoms with Crippen LogP contribution in [-0.2, 0) is 0 Å². The van der Waals surface area contributed by atoms with E-state index in [0.717, 1.165) is 13.0 Å². The van der Waals surface area contributed by atoms with Crippen molar-refractivity contribution in [3.8, 4) is 0 Å². The van der Waals surface area contributed by atoms with Gasteiger partial charge in [0.2, 0.25) is 0 Å². The molecule has 0 saturated heterocycles. The van der Waals surface area contributed by atoms with Gasteiger partial charge < -0.3 is 5.32 Å². The van der Waals surface area contributed by atoms with Crippen molar-refractivity contribution < 1.29 is 0 Å². The molecule has 0 aliphatic rings. The number of rotatable bonds is 7. The molecule has 0 radical (unpaired) electrons. The molecule has 0 amide bonds. The Morgan fingerprint density at radius 3 is 2.69 bits per heavy atom. The van der Waals surface area contributed by atoms with Gasteiger partial charge in [0.15, 0.2) is 0 Å². The number of pyridine rings is 1. The summed E-state index contributed by atoms with van der Waals surface area (Å²) in [7, 11) is 0. The van der Waals surface area contributed by atoms with Crippen molar-refractivity contribution in [1.29, 1.82) is 0 Å². The first kappa shape index (κ1) is 12.9. The highest BCUT2D eigenvalue weighted by molar-refractivity contribution is 5.15. The average molecular weight is 218 g/mol. The molecule has 16 heavy (non-hydrogen) atoms. The van der Waals surface area contributed by atoms with Crippen LogP contribution >= 0.6 is 0 Å². The summed E-state index contributed by atoms with van der Waals surface area (Å²) < 4.78 is 0. The quantitative estimate of drug-likeness (QED) is 0.710. The summed E-state index contributed by atoms with van der Waals surface area (Å²) in [5, 5.41) is 3.59. The van der Waals surface area contributed by atoms with Gasteiger partial charge in [0.1, 0.15) is 0 Å². The zero-order valence-electron chi connectivity index (χ0n) is 10.3. The van der Waals surface area contributed by atoms with Gasteiger partial charge in [-0.25, -0.2) is 0 Å². The van der Waals surface area contributed by atoms with Crippen LogP contribution in [0.4, 0.5) is 0 Å².